The third kappa shape index (κ3) is 4.37. The van der Waals surface area contributed by atoms with Crippen LogP contribution in [0.15, 0.2) is 160 Å². The molecule has 4 aromatic heterocycles. The fraction of sp³-hybridized carbons (Fsp3) is 0. The van der Waals surface area contributed by atoms with Crippen molar-refractivity contribution in [1.29, 1.82) is 0 Å². The van der Waals surface area contributed by atoms with E-state index in [4.69, 9.17) is 23.8 Å². The zero-order valence-electron chi connectivity index (χ0n) is 27.0. The summed E-state index contributed by atoms with van der Waals surface area (Å²) in [5.41, 5.74) is 8.02. The molecule has 0 radical (unpaired) electrons. The first-order chi connectivity index (χ1) is 25.3. The summed E-state index contributed by atoms with van der Waals surface area (Å²) in [4.78, 5) is 15.7. The van der Waals surface area contributed by atoms with Gasteiger partial charge in [0.2, 0.25) is 0 Å². The highest BCUT2D eigenvalue weighted by Gasteiger charge is 2.24. The van der Waals surface area contributed by atoms with E-state index >= 15 is 0 Å². The molecular weight excluding hydrogens is 647 g/mol. The molecule has 0 saturated heterocycles. The molecule has 11 rings (SSSR count). The summed E-state index contributed by atoms with van der Waals surface area (Å²) in [5.74, 6) is 1.79. The summed E-state index contributed by atoms with van der Waals surface area (Å²) < 4.78 is 15.3. The summed E-state index contributed by atoms with van der Waals surface area (Å²) in [6, 6.07) is 52.0. The smallest absolute Gasteiger partial charge is 0.165 e. The molecule has 0 bridgehead atoms. The lowest BCUT2D eigenvalue weighted by atomic mass is 9.92. The van der Waals surface area contributed by atoms with Crippen molar-refractivity contribution in [3.05, 3.63) is 152 Å². The fourth-order valence-corrected chi connectivity index (χ4v) is 8.56. The first-order valence-electron chi connectivity index (χ1n) is 16.9. The molecule has 0 amide bonds. The summed E-state index contributed by atoms with van der Waals surface area (Å²) >= 11 is 1.80. The monoisotopic (exact) mass is 671 g/mol. The molecule has 0 spiro atoms. The van der Waals surface area contributed by atoms with Crippen LogP contribution >= 0.6 is 11.3 Å². The molecular formula is C45H25N3O2S. The van der Waals surface area contributed by atoms with Crippen molar-refractivity contribution >= 4 is 75.4 Å². The second kappa shape index (κ2) is 10.9. The van der Waals surface area contributed by atoms with Gasteiger partial charge in [0, 0.05) is 58.4 Å². The van der Waals surface area contributed by atoms with Gasteiger partial charge < -0.3 is 8.83 Å². The van der Waals surface area contributed by atoms with E-state index in [0.717, 1.165) is 71.7 Å². The molecule has 51 heavy (non-hydrogen) atoms. The van der Waals surface area contributed by atoms with E-state index in [2.05, 4.69) is 84.9 Å². The Bertz CT molecular complexity index is 3160. The van der Waals surface area contributed by atoms with Gasteiger partial charge in [-0.05, 0) is 65.7 Å². The second-order valence-electron chi connectivity index (χ2n) is 12.7. The van der Waals surface area contributed by atoms with E-state index in [1.165, 1.54) is 20.2 Å². The van der Waals surface area contributed by atoms with Crippen LogP contribution in [0.4, 0.5) is 0 Å². The number of para-hydroxylation sites is 2. The number of hydrogen-bond acceptors (Lipinski definition) is 6. The number of nitrogens with zero attached hydrogens (tertiary/aromatic N) is 3. The van der Waals surface area contributed by atoms with Gasteiger partial charge in [-0.25, -0.2) is 15.0 Å². The average Bonchev–Trinajstić information content (AvgIpc) is 3.88. The molecule has 4 heterocycles. The van der Waals surface area contributed by atoms with Crippen LogP contribution in [-0.2, 0) is 0 Å². The lowest BCUT2D eigenvalue weighted by Crippen LogP contribution is -2.01. The molecule has 0 atom stereocenters. The Morgan fingerprint density at radius 3 is 1.78 bits per heavy atom. The molecule has 0 aliphatic carbocycles. The van der Waals surface area contributed by atoms with Gasteiger partial charge in [0.05, 0.1) is 0 Å². The van der Waals surface area contributed by atoms with Crippen LogP contribution in [0.3, 0.4) is 0 Å². The normalized spacial score (nSPS) is 11.9. The van der Waals surface area contributed by atoms with Crippen LogP contribution in [0.25, 0.3) is 109 Å². The predicted molar refractivity (Wildman–Crippen MR) is 209 cm³/mol. The van der Waals surface area contributed by atoms with Gasteiger partial charge in [0.15, 0.2) is 17.5 Å². The van der Waals surface area contributed by atoms with Crippen LogP contribution in [0.5, 0.6) is 0 Å². The Morgan fingerprint density at radius 2 is 0.980 bits per heavy atom. The Morgan fingerprint density at radius 1 is 0.373 bits per heavy atom. The van der Waals surface area contributed by atoms with E-state index in [1.54, 1.807) is 11.3 Å². The number of rotatable bonds is 4. The van der Waals surface area contributed by atoms with Gasteiger partial charge in [0.25, 0.3) is 0 Å². The topological polar surface area (TPSA) is 65.0 Å². The molecule has 11 aromatic rings. The summed E-state index contributed by atoms with van der Waals surface area (Å²) in [7, 11) is 0. The fourth-order valence-electron chi connectivity index (χ4n) is 7.47. The number of furan rings is 2. The zero-order chi connectivity index (χ0) is 33.5. The summed E-state index contributed by atoms with van der Waals surface area (Å²) in [6.07, 6.45) is 0. The lowest BCUT2D eigenvalue weighted by molar-refractivity contribution is 0.669. The van der Waals surface area contributed by atoms with E-state index in [0.29, 0.717) is 17.5 Å². The highest BCUT2D eigenvalue weighted by molar-refractivity contribution is 7.25. The molecule has 0 unspecified atom stereocenters. The predicted octanol–water partition coefficient (Wildman–Crippen LogP) is 12.7. The van der Waals surface area contributed by atoms with E-state index < -0.39 is 0 Å². The van der Waals surface area contributed by atoms with Gasteiger partial charge in [0.1, 0.15) is 22.3 Å². The minimum absolute atomic E-state index is 0.575. The largest absolute Gasteiger partial charge is 0.456 e. The summed E-state index contributed by atoms with van der Waals surface area (Å²) in [6.45, 7) is 0. The highest BCUT2D eigenvalue weighted by Crippen LogP contribution is 2.46. The number of benzene rings is 7. The molecule has 0 saturated carbocycles. The number of fused-ring (bicyclic) bond motifs is 9. The maximum Gasteiger partial charge on any atom is 0.165 e. The molecule has 0 N–H and O–H groups in total. The molecule has 7 aromatic carbocycles. The standard InChI is InChI=1S/C45H25N3O2S/c1-2-11-26(12-3-1)43-46-44(27-21-24-39-33(25-27)28-13-6-9-20-38(28)51-39)48-45(47-43)42-30(22-23-37-41(42)32-15-5-8-18-35(32)50-37)29-16-10-19-36-40(29)31-14-4-7-17-34(31)49-36/h1-25H. The third-order valence-corrected chi connectivity index (χ3v) is 10.9. The minimum Gasteiger partial charge on any atom is -0.456 e. The van der Waals surface area contributed by atoms with Crippen molar-refractivity contribution in [1.82, 2.24) is 15.0 Å². The highest BCUT2D eigenvalue weighted by atomic mass is 32.1. The quantitative estimate of drug-likeness (QED) is 0.186. The maximum atomic E-state index is 6.47. The SMILES string of the molecule is c1ccc(-c2nc(-c3ccc4sc5ccccc5c4c3)nc(-c3c(-c4cccc5oc6ccccc6c45)ccc4oc5ccccc5c34)n2)cc1. The van der Waals surface area contributed by atoms with Crippen molar-refractivity contribution in [2.24, 2.45) is 0 Å². The minimum atomic E-state index is 0.575. The first kappa shape index (κ1) is 28.2. The molecule has 0 aliphatic rings. The van der Waals surface area contributed by atoms with Crippen molar-refractivity contribution in [3.63, 3.8) is 0 Å². The van der Waals surface area contributed by atoms with Crippen molar-refractivity contribution < 1.29 is 8.83 Å². The van der Waals surface area contributed by atoms with Crippen molar-refractivity contribution in [2.75, 3.05) is 0 Å². The van der Waals surface area contributed by atoms with Gasteiger partial charge in [-0.3, -0.25) is 0 Å². The third-order valence-electron chi connectivity index (χ3n) is 9.76. The maximum absolute atomic E-state index is 6.47. The molecule has 5 nitrogen and oxygen atoms in total. The van der Waals surface area contributed by atoms with E-state index in [1.807, 2.05) is 66.7 Å². The van der Waals surface area contributed by atoms with Gasteiger partial charge in [-0.1, -0.05) is 97.1 Å². The van der Waals surface area contributed by atoms with Gasteiger partial charge in [-0.2, -0.15) is 0 Å². The van der Waals surface area contributed by atoms with Crippen molar-refractivity contribution in [3.8, 4) is 45.3 Å². The number of aromatic nitrogens is 3. The van der Waals surface area contributed by atoms with Crippen LogP contribution in [0.1, 0.15) is 0 Å². The van der Waals surface area contributed by atoms with Crippen molar-refractivity contribution in [2.45, 2.75) is 0 Å². The molecule has 6 heteroatoms. The zero-order valence-corrected chi connectivity index (χ0v) is 27.8. The lowest BCUT2D eigenvalue weighted by Gasteiger charge is -2.14. The molecule has 0 fully saturated rings. The van der Waals surface area contributed by atoms with Gasteiger partial charge >= 0.3 is 0 Å². The Hall–Kier alpha value is -6.63. The number of thiophene rings is 1. The first-order valence-corrected chi connectivity index (χ1v) is 17.7. The van der Waals surface area contributed by atoms with E-state index in [-0.39, 0.29) is 0 Å². The van der Waals surface area contributed by atoms with Crippen LogP contribution < -0.4 is 0 Å². The van der Waals surface area contributed by atoms with E-state index in [9.17, 15) is 0 Å². The Kier molecular flexibility index (Phi) is 6.05. The van der Waals surface area contributed by atoms with Crippen LogP contribution in [0, 0.1) is 0 Å². The number of hydrogen-bond donors (Lipinski definition) is 0. The Labute approximate surface area is 295 Å². The second-order valence-corrected chi connectivity index (χ2v) is 13.8. The van der Waals surface area contributed by atoms with Crippen LogP contribution in [-0.4, -0.2) is 15.0 Å². The molecule has 238 valence electrons. The van der Waals surface area contributed by atoms with Gasteiger partial charge in [-0.15, -0.1) is 11.3 Å². The van der Waals surface area contributed by atoms with Crippen LogP contribution in [0.2, 0.25) is 0 Å². The molecule has 0 aliphatic heterocycles. The Balaban J connectivity index is 1.25. The average molecular weight is 672 g/mol. The summed E-state index contributed by atoms with van der Waals surface area (Å²) in [5, 5.41) is 6.50.